The molecule has 3 rings (SSSR count). The molecule has 0 spiro atoms. The number of nitrogens with one attached hydrogen (secondary N) is 2. The molecule has 0 bridgehead atoms. The number of hydrogen-bond acceptors (Lipinski definition) is 3. The molecule has 2 aromatic carbocycles. The van der Waals surface area contributed by atoms with E-state index in [1.807, 2.05) is 42.5 Å². The number of para-hydroxylation sites is 1. The lowest BCUT2D eigenvalue weighted by molar-refractivity contribution is -0.129. The van der Waals surface area contributed by atoms with Crippen LogP contribution in [0.15, 0.2) is 54.6 Å². The second-order valence-corrected chi connectivity index (χ2v) is 6.03. The van der Waals surface area contributed by atoms with E-state index in [-0.39, 0.29) is 12.5 Å². The zero-order valence-electron chi connectivity index (χ0n) is 13.6. The first-order chi connectivity index (χ1) is 12.0. The summed E-state index contributed by atoms with van der Waals surface area (Å²) in [5.74, 6) is -0.957. The lowest BCUT2D eigenvalue weighted by Gasteiger charge is -2.13. The summed E-state index contributed by atoms with van der Waals surface area (Å²) >= 11 is 6.05. The fourth-order valence-electron chi connectivity index (χ4n) is 2.43. The SMILES string of the molecule is CC(OC(=O)c1cc2ccccc2[nH]1)C(=O)NCc1ccccc1Cl. The molecule has 1 unspecified atom stereocenters. The molecular formula is C19H17ClN2O3. The third-order valence-corrected chi connectivity index (χ3v) is 4.18. The fourth-order valence-corrected chi connectivity index (χ4v) is 2.63. The van der Waals surface area contributed by atoms with Crippen molar-refractivity contribution in [3.05, 3.63) is 70.9 Å². The Balaban J connectivity index is 1.59. The average molecular weight is 357 g/mol. The van der Waals surface area contributed by atoms with Crippen LogP contribution in [0.1, 0.15) is 23.0 Å². The molecule has 1 heterocycles. The normalized spacial score (nSPS) is 11.9. The smallest absolute Gasteiger partial charge is 0.355 e. The molecule has 0 aliphatic heterocycles. The topological polar surface area (TPSA) is 71.2 Å². The van der Waals surface area contributed by atoms with E-state index in [4.69, 9.17) is 16.3 Å². The molecule has 5 nitrogen and oxygen atoms in total. The van der Waals surface area contributed by atoms with E-state index < -0.39 is 12.1 Å². The van der Waals surface area contributed by atoms with Crippen molar-refractivity contribution < 1.29 is 14.3 Å². The minimum atomic E-state index is -0.915. The van der Waals surface area contributed by atoms with Crippen molar-refractivity contribution in [2.24, 2.45) is 0 Å². The molecule has 0 radical (unpaired) electrons. The molecule has 1 aromatic heterocycles. The van der Waals surface area contributed by atoms with Gasteiger partial charge in [-0.3, -0.25) is 4.79 Å². The van der Waals surface area contributed by atoms with Crippen molar-refractivity contribution in [1.82, 2.24) is 10.3 Å². The second kappa shape index (κ2) is 7.40. The molecule has 1 atom stereocenters. The predicted molar refractivity (Wildman–Crippen MR) is 96.5 cm³/mol. The van der Waals surface area contributed by atoms with Gasteiger partial charge in [0, 0.05) is 22.5 Å². The van der Waals surface area contributed by atoms with Crippen LogP contribution in [0.5, 0.6) is 0 Å². The van der Waals surface area contributed by atoms with Gasteiger partial charge in [0.05, 0.1) is 0 Å². The molecular weight excluding hydrogens is 340 g/mol. The van der Waals surface area contributed by atoms with Crippen molar-refractivity contribution in [3.8, 4) is 0 Å². The molecule has 3 aromatic rings. The molecule has 0 aliphatic carbocycles. The molecule has 128 valence electrons. The zero-order chi connectivity index (χ0) is 17.8. The summed E-state index contributed by atoms with van der Waals surface area (Å²) in [6.45, 7) is 1.80. The van der Waals surface area contributed by atoms with Crippen LogP contribution in [0.25, 0.3) is 10.9 Å². The molecule has 2 N–H and O–H groups in total. The maximum atomic E-state index is 12.2. The van der Waals surface area contributed by atoms with Gasteiger partial charge in [-0.05, 0) is 30.7 Å². The first kappa shape index (κ1) is 17.0. The summed E-state index contributed by atoms with van der Waals surface area (Å²) in [7, 11) is 0. The molecule has 1 amide bonds. The number of fused-ring (bicyclic) bond motifs is 1. The Bertz CT molecular complexity index is 887. The van der Waals surface area contributed by atoms with Crippen LogP contribution >= 0.6 is 11.6 Å². The Morgan fingerprint density at radius 2 is 1.88 bits per heavy atom. The third kappa shape index (κ3) is 4.00. The number of hydrogen-bond donors (Lipinski definition) is 2. The van der Waals surface area contributed by atoms with E-state index in [0.717, 1.165) is 16.5 Å². The molecule has 6 heteroatoms. The summed E-state index contributed by atoms with van der Waals surface area (Å²) in [5, 5.41) is 4.19. The van der Waals surface area contributed by atoms with E-state index in [1.165, 1.54) is 6.92 Å². The van der Waals surface area contributed by atoms with Gasteiger partial charge in [-0.15, -0.1) is 0 Å². The van der Waals surface area contributed by atoms with Crippen molar-refractivity contribution in [2.45, 2.75) is 19.6 Å². The van der Waals surface area contributed by atoms with Crippen molar-refractivity contribution in [1.29, 1.82) is 0 Å². The Hall–Kier alpha value is -2.79. The number of aromatic nitrogens is 1. The summed E-state index contributed by atoms with van der Waals surface area (Å²) in [5.41, 5.74) is 1.95. The predicted octanol–water partition coefficient (Wildman–Crippen LogP) is 3.68. The van der Waals surface area contributed by atoms with E-state index in [1.54, 1.807) is 12.1 Å². The number of carbonyl (C=O) groups excluding carboxylic acids is 2. The van der Waals surface area contributed by atoms with Gasteiger partial charge < -0.3 is 15.0 Å². The minimum Gasteiger partial charge on any atom is -0.448 e. The van der Waals surface area contributed by atoms with Gasteiger partial charge in [-0.2, -0.15) is 0 Å². The number of benzene rings is 2. The maximum absolute atomic E-state index is 12.2. The van der Waals surface area contributed by atoms with Gasteiger partial charge in [0.1, 0.15) is 5.69 Å². The van der Waals surface area contributed by atoms with E-state index in [0.29, 0.717) is 10.7 Å². The Morgan fingerprint density at radius 1 is 1.16 bits per heavy atom. The number of aromatic amines is 1. The van der Waals surface area contributed by atoms with Crippen LogP contribution < -0.4 is 5.32 Å². The van der Waals surface area contributed by atoms with Gasteiger partial charge in [0.25, 0.3) is 5.91 Å². The largest absolute Gasteiger partial charge is 0.448 e. The van der Waals surface area contributed by atoms with E-state index in [2.05, 4.69) is 10.3 Å². The van der Waals surface area contributed by atoms with E-state index in [9.17, 15) is 9.59 Å². The van der Waals surface area contributed by atoms with E-state index >= 15 is 0 Å². The number of esters is 1. The zero-order valence-corrected chi connectivity index (χ0v) is 14.3. The van der Waals surface area contributed by atoms with Crippen molar-refractivity contribution >= 4 is 34.4 Å². The van der Waals surface area contributed by atoms with Crippen LogP contribution in [0, 0.1) is 0 Å². The number of ether oxygens (including phenoxy) is 1. The van der Waals surface area contributed by atoms with Gasteiger partial charge in [-0.25, -0.2) is 4.79 Å². The third-order valence-electron chi connectivity index (χ3n) is 3.81. The lowest BCUT2D eigenvalue weighted by atomic mass is 10.2. The number of halogens is 1. The molecule has 0 saturated carbocycles. The molecule has 0 aliphatic rings. The Morgan fingerprint density at radius 3 is 2.64 bits per heavy atom. The summed E-state index contributed by atoms with van der Waals surface area (Å²) < 4.78 is 5.23. The van der Waals surface area contributed by atoms with Gasteiger partial charge in [-0.1, -0.05) is 48.0 Å². The maximum Gasteiger partial charge on any atom is 0.355 e. The number of rotatable bonds is 5. The molecule has 25 heavy (non-hydrogen) atoms. The average Bonchev–Trinajstić information content (AvgIpc) is 3.05. The Labute approximate surface area is 149 Å². The highest BCUT2D eigenvalue weighted by atomic mass is 35.5. The van der Waals surface area contributed by atoms with Crippen LogP contribution in [-0.2, 0) is 16.1 Å². The van der Waals surface area contributed by atoms with Crippen LogP contribution in [-0.4, -0.2) is 23.0 Å². The standard InChI is InChI=1S/C19H17ClN2O3/c1-12(18(23)21-11-14-7-2-4-8-15(14)20)25-19(24)17-10-13-6-3-5-9-16(13)22-17/h2-10,12,22H,11H2,1H3,(H,21,23). The highest BCUT2D eigenvalue weighted by molar-refractivity contribution is 6.31. The summed E-state index contributed by atoms with van der Waals surface area (Å²) in [6.07, 6.45) is -0.915. The Kier molecular flexibility index (Phi) is 5.05. The first-order valence-corrected chi connectivity index (χ1v) is 8.22. The van der Waals surface area contributed by atoms with Gasteiger partial charge in [0.2, 0.25) is 0 Å². The number of carbonyl (C=O) groups is 2. The fraction of sp³-hybridized carbons (Fsp3) is 0.158. The number of amides is 1. The highest BCUT2D eigenvalue weighted by Gasteiger charge is 2.20. The summed E-state index contributed by atoms with van der Waals surface area (Å²) in [6, 6.07) is 16.5. The number of H-pyrrole nitrogens is 1. The summed E-state index contributed by atoms with van der Waals surface area (Å²) in [4.78, 5) is 27.3. The van der Waals surface area contributed by atoms with Gasteiger partial charge in [0.15, 0.2) is 6.10 Å². The molecule has 0 fully saturated rings. The van der Waals surface area contributed by atoms with Crippen LogP contribution in [0.2, 0.25) is 5.02 Å². The van der Waals surface area contributed by atoms with Crippen LogP contribution in [0.3, 0.4) is 0 Å². The first-order valence-electron chi connectivity index (χ1n) is 7.84. The highest BCUT2D eigenvalue weighted by Crippen LogP contribution is 2.16. The monoisotopic (exact) mass is 356 g/mol. The van der Waals surface area contributed by atoms with Crippen LogP contribution in [0.4, 0.5) is 0 Å². The lowest BCUT2D eigenvalue weighted by Crippen LogP contribution is -2.35. The van der Waals surface area contributed by atoms with Gasteiger partial charge >= 0.3 is 5.97 Å². The quantitative estimate of drug-likeness (QED) is 0.685. The van der Waals surface area contributed by atoms with Crippen molar-refractivity contribution in [2.75, 3.05) is 0 Å². The second-order valence-electron chi connectivity index (χ2n) is 5.63. The molecule has 0 saturated heterocycles. The minimum absolute atomic E-state index is 0.271. The van der Waals surface area contributed by atoms with Crippen molar-refractivity contribution in [3.63, 3.8) is 0 Å².